The lowest BCUT2D eigenvalue weighted by Gasteiger charge is -2.35. The molecule has 1 saturated heterocycles. The Hall–Kier alpha value is -0.900. The summed E-state index contributed by atoms with van der Waals surface area (Å²) >= 11 is 0. The number of hydrogen-bond acceptors (Lipinski definition) is 3. The Bertz CT molecular complexity index is 404. The molecule has 1 aliphatic heterocycles. The molecule has 0 aromatic heterocycles. The number of hydrogen-bond donors (Lipinski definition) is 2. The topological polar surface area (TPSA) is 35.5 Å². The first-order chi connectivity index (χ1) is 9.60. The van der Waals surface area contributed by atoms with Crippen molar-refractivity contribution in [2.75, 3.05) is 26.7 Å². The Labute approximate surface area is 123 Å². The summed E-state index contributed by atoms with van der Waals surface area (Å²) in [7, 11) is 2.03. The van der Waals surface area contributed by atoms with E-state index in [4.69, 9.17) is 0 Å². The van der Waals surface area contributed by atoms with Gasteiger partial charge in [0.1, 0.15) is 0 Å². The highest BCUT2D eigenvalue weighted by Gasteiger charge is 2.24. The molecular formula is C17H28N2O. The van der Waals surface area contributed by atoms with E-state index in [9.17, 15) is 5.11 Å². The van der Waals surface area contributed by atoms with Crippen molar-refractivity contribution in [2.24, 2.45) is 5.92 Å². The number of β-amino-alcohol motifs (C(OH)–C–C–N with tert-alkyl or cyclic N) is 1. The molecular weight excluding hydrogens is 248 g/mol. The molecule has 0 radical (unpaired) electrons. The van der Waals surface area contributed by atoms with Crippen molar-refractivity contribution in [3.05, 3.63) is 35.4 Å². The van der Waals surface area contributed by atoms with Gasteiger partial charge in [0.15, 0.2) is 0 Å². The Morgan fingerprint density at radius 3 is 2.65 bits per heavy atom. The maximum absolute atomic E-state index is 9.96. The van der Waals surface area contributed by atoms with Crippen molar-refractivity contribution in [3.8, 4) is 0 Å². The Morgan fingerprint density at radius 2 is 2.05 bits per heavy atom. The summed E-state index contributed by atoms with van der Waals surface area (Å²) in [5.41, 5.74) is 2.65. The van der Waals surface area contributed by atoms with Gasteiger partial charge in [0.2, 0.25) is 0 Å². The fourth-order valence-electron chi connectivity index (χ4n) is 2.91. The van der Waals surface area contributed by atoms with Gasteiger partial charge in [-0.25, -0.2) is 0 Å². The minimum Gasteiger partial charge on any atom is -0.392 e. The highest BCUT2D eigenvalue weighted by Crippen LogP contribution is 2.21. The van der Waals surface area contributed by atoms with Crippen LogP contribution in [0.3, 0.4) is 0 Å². The third kappa shape index (κ3) is 4.05. The first-order valence-electron chi connectivity index (χ1n) is 7.74. The Balaban J connectivity index is 1.86. The zero-order valence-electron chi connectivity index (χ0n) is 13.0. The van der Waals surface area contributed by atoms with Crippen LogP contribution >= 0.6 is 0 Å². The van der Waals surface area contributed by atoms with Crippen LogP contribution in [0.2, 0.25) is 0 Å². The van der Waals surface area contributed by atoms with Crippen molar-refractivity contribution >= 4 is 0 Å². The smallest absolute Gasteiger partial charge is 0.0693 e. The van der Waals surface area contributed by atoms with Crippen LogP contribution in [0.15, 0.2) is 24.3 Å². The molecule has 0 aliphatic carbocycles. The normalized spacial score (nSPS) is 25.6. The molecule has 1 fully saturated rings. The molecule has 2 N–H and O–H groups in total. The second-order valence-corrected chi connectivity index (χ2v) is 6.17. The molecule has 112 valence electrons. The van der Waals surface area contributed by atoms with E-state index in [-0.39, 0.29) is 6.10 Å². The summed E-state index contributed by atoms with van der Waals surface area (Å²) in [6, 6.07) is 9.16. The van der Waals surface area contributed by atoms with Crippen molar-refractivity contribution in [1.82, 2.24) is 10.2 Å². The van der Waals surface area contributed by atoms with Gasteiger partial charge in [0.25, 0.3) is 0 Å². The van der Waals surface area contributed by atoms with Gasteiger partial charge in [0, 0.05) is 19.1 Å². The molecule has 3 nitrogen and oxygen atoms in total. The van der Waals surface area contributed by atoms with Gasteiger partial charge >= 0.3 is 0 Å². The van der Waals surface area contributed by atoms with Gasteiger partial charge < -0.3 is 15.3 Å². The molecule has 2 rings (SSSR count). The van der Waals surface area contributed by atoms with Crippen LogP contribution in [-0.4, -0.2) is 42.8 Å². The molecule has 1 heterocycles. The van der Waals surface area contributed by atoms with Crippen molar-refractivity contribution in [3.63, 3.8) is 0 Å². The van der Waals surface area contributed by atoms with Gasteiger partial charge in [-0.2, -0.15) is 0 Å². The van der Waals surface area contributed by atoms with Crippen molar-refractivity contribution in [2.45, 2.75) is 38.8 Å². The number of nitrogens with zero attached hydrogens (tertiary/aromatic N) is 1. The van der Waals surface area contributed by atoms with E-state index in [0.717, 1.165) is 32.5 Å². The van der Waals surface area contributed by atoms with E-state index in [1.54, 1.807) is 0 Å². The molecule has 0 bridgehead atoms. The van der Waals surface area contributed by atoms with E-state index in [2.05, 4.69) is 48.3 Å². The lowest BCUT2D eigenvalue weighted by molar-refractivity contribution is 0.0278. The summed E-state index contributed by atoms with van der Waals surface area (Å²) in [6.45, 7) is 7.25. The minimum absolute atomic E-state index is 0.156. The average molecular weight is 276 g/mol. The summed E-state index contributed by atoms with van der Waals surface area (Å²) in [6.07, 6.45) is 2.03. The minimum atomic E-state index is -0.156. The number of piperidine rings is 1. The van der Waals surface area contributed by atoms with E-state index >= 15 is 0 Å². The fraction of sp³-hybridized carbons (Fsp3) is 0.647. The molecule has 0 amide bonds. The quantitative estimate of drug-likeness (QED) is 0.866. The maximum Gasteiger partial charge on any atom is 0.0693 e. The predicted molar refractivity (Wildman–Crippen MR) is 83.8 cm³/mol. The standard InChI is InChI=1S/C17H28N2O/c1-13-4-6-15(7-5-13)16(18-3)9-11-19-10-8-14(2)17(20)12-19/h4-7,14,16-18,20H,8-12H2,1-3H3. The van der Waals surface area contributed by atoms with Gasteiger partial charge in [0.05, 0.1) is 6.10 Å². The summed E-state index contributed by atoms with van der Waals surface area (Å²) in [5, 5.41) is 13.4. The summed E-state index contributed by atoms with van der Waals surface area (Å²) < 4.78 is 0. The van der Waals surface area contributed by atoms with Crippen LogP contribution in [0, 0.1) is 12.8 Å². The third-order valence-corrected chi connectivity index (χ3v) is 4.56. The van der Waals surface area contributed by atoms with E-state index in [1.807, 2.05) is 7.05 Å². The van der Waals surface area contributed by atoms with E-state index in [0.29, 0.717) is 12.0 Å². The largest absolute Gasteiger partial charge is 0.392 e. The molecule has 3 atom stereocenters. The number of nitrogens with one attached hydrogen (secondary N) is 1. The second-order valence-electron chi connectivity index (χ2n) is 6.17. The van der Waals surface area contributed by atoms with Crippen LogP contribution in [0.1, 0.15) is 36.9 Å². The molecule has 3 heteroatoms. The van der Waals surface area contributed by atoms with Crippen LogP contribution in [-0.2, 0) is 0 Å². The summed E-state index contributed by atoms with van der Waals surface area (Å²) in [5.74, 6) is 0.448. The number of likely N-dealkylation sites (tertiary alicyclic amines) is 1. The zero-order chi connectivity index (χ0) is 14.5. The third-order valence-electron chi connectivity index (χ3n) is 4.56. The maximum atomic E-state index is 9.96. The number of aliphatic hydroxyl groups is 1. The monoisotopic (exact) mass is 276 g/mol. The number of aryl methyl sites for hydroxylation is 1. The molecule has 1 aromatic rings. The highest BCUT2D eigenvalue weighted by atomic mass is 16.3. The second kappa shape index (κ2) is 7.21. The molecule has 0 saturated carbocycles. The molecule has 20 heavy (non-hydrogen) atoms. The first-order valence-corrected chi connectivity index (χ1v) is 7.74. The van der Waals surface area contributed by atoms with Gasteiger partial charge in [-0.1, -0.05) is 36.8 Å². The Morgan fingerprint density at radius 1 is 1.35 bits per heavy atom. The number of aliphatic hydroxyl groups excluding tert-OH is 1. The van der Waals surface area contributed by atoms with Gasteiger partial charge in [-0.15, -0.1) is 0 Å². The molecule has 0 spiro atoms. The fourth-order valence-corrected chi connectivity index (χ4v) is 2.91. The molecule has 1 aromatic carbocycles. The first kappa shape index (κ1) is 15.5. The summed E-state index contributed by atoms with van der Waals surface area (Å²) in [4.78, 5) is 2.39. The van der Waals surface area contributed by atoms with Crippen molar-refractivity contribution < 1.29 is 5.11 Å². The highest BCUT2D eigenvalue weighted by molar-refractivity contribution is 5.24. The Kier molecular flexibility index (Phi) is 5.58. The number of benzene rings is 1. The van der Waals surface area contributed by atoms with E-state index in [1.165, 1.54) is 11.1 Å². The van der Waals surface area contributed by atoms with Crippen LogP contribution in [0.5, 0.6) is 0 Å². The lowest BCUT2D eigenvalue weighted by atomic mass is 9.95. The SMILES string of the molecule is CNC(CCN1CCC(C)C(O)C1)c1ccc(C)cc1. The van der Waals surface area contributed by atoms with Gasteiger partial charge in [-0.3, -0.25) is 0 Å². The average Bonchev–Trinajstić information content (AvgIpc) is 2.45. The molecule has 3 unspecified atom stereocenters. The van der Waals surface area contributed by atoms with Crippen LogP contribution in [0.4, 0.5) is 0 Å². The van der Waals surface area contributed by atoms with Crippen LogP contribution < -0.4 is 5.32 Å². The zero-order valence-corrected chi connectivity index (χ0v) is 13.0. The predicted octanol–water partition coefficient (Wildman–Crippen LogP) is 2.35. The van der Waals surface area contributed by atoms with Crippen molar-refractivity contribution in [1.29, 1.82) is 0 Å². The molecule has 1 aliphatic rings. The van der Waals surface area contributed by atoms with Gasteiger partial charge in [-0.05, 0) is 44.8 Å². The number of rotatable bonds is 5. The van der Waals surface area contributed by atoms with Crippen LogP contribution in [0.25, 0.3) is 0 Å². The van der Waals surface area contributed by atoms with E-state index < -0.39 is 0 Å². The lowest BCUT2D eigenvalue weighted by Crippen LogP contribution is -2.43.